The van der Waals surface area contributed by atoms with Gasteiger partial charge in [0.2, 0.25) is 0 Å². The van der Waals surface area contributed by atoms with E-state index in [2.05, 4.69) is 27.7 Å². The quantitative estimate of drug-likeness (QED) is 0.230. The van der Waals surface area contributed by atoms with Gasteiger partial charge in [0.1, 0.15) is 13.2 Å². The molecule has 2 aromatic carbocycles. The molecule has 0 saturated carbocycles. The first kappa shape index (κ1) is 20.4. The van der Waals surface area contributed by atoms with E-state index in [4.69, 9.17) is 14.3 Å². The molecule has 2 rings (SSSR count). The first-order valence-corrected chi connectivity index (χ1v) is 8.93. The van der Waals surface area contributed by atoms with Crippen LogP contribution in [0.5, 0.6) is 11.5 Å². The van der Waals surface area contributed by atoms with E-state index in [0.717, 1.165) is 10.0 Å². The van der Waals surface area contributed by atoms with Crippen molar-refractivity contribution in [2.24, 2.45) is 5.16 Å². The first-order valence-electron chi connectivity index (χ1n) is 8.13. The van der Waals surface area contributed by atoms with Gasteiger partial charge >= 0.3 is 0 Å². The van der Waals surface area contributed by atoms with Crippen molar-refractivity contribution in [3.63, 3.8) is 0 Å². The lowest BCUT2D eigenvalue weighted by molar-refractivity contribution is -0.384. The molecule has 142 valence electrons. The average molecular weight is 435 g/mol. The van der Waals surface area contributed by atoms with Gasteiger partial charge in [-0.25, -0.2) is 0 Å². The fourth-order valence-corrected chi connectivity index (χ4v) is 2.75. The van der Waals surface area contributed by atoms with Gasteiger partial charge in [0.25, 0.3) is 5.69 Å². The summed E-state index contributed by atoms with van der Waals surface area (Å²) in [6.45, 7) is 6.49. The molecule has 0 aliphatic carbocycles. The van der Waals surface area contributed by atoms with Gasteiger partial charge in [0.05, 0.1) is 22.2 Å². The Balaban J connectivity index is 2.06. The summed E-state index contributed by atoms with van der Waals surface area (Å²) in [7, 11) is 0. The molecular weight excluding hydrogens is 416 g/mol. The lowest BCUT2D eigenvalue weighted by atomic mass is 10.2. The van der Waals surface area contributed by atoms with Crippen LogP contribution in [0.25, 0.3) is 0 Å². The van der Waals surface area contributed by atoms with E-state index in [0.29, 0.717) is 30.3 Å². The zero-order valence-corrected chi connectivity index (χ0v) is 16.3. The van der Waals surface area contributed by atoms with Crippen molar-refractivity contribution in [2.45, 2.75) is 13.5 Å². The largest absolute Gasteiger partial charge is 0.490 e. The fraction of sp³-hybridized carbons (Fsp3) is 0.211. The number of nitro groups is 1. The third-order valence-electron chi connectivity index (χ3n) is 3.31. The highest BCUT2D eigenvalue weighted by Gasteiger charge is 2.11. The summed E-state index contributed by atoms with van der Waals surface area (Å²) in [5.41, 5.74) is 1.42. The van der Waals surface area contributed by atoms with Crippen LogP contribution in [-0.4, -0.2) is 24.4 Å². The summed E-state index contributed by atoms with van der Waals surface area (Å²) in [5.74, 6) is 1.17. The Morgan fingerprint density at radius 2 is 2.11 bits per heavy atom. The van der Waals surface area contributed by atoms with Gasteiger partial charge in [-0.05, 0) is 40.5 Å². The Morgan fingerprint density at radius 1 is 1.30 bits per heavy atom. The molecule has 0 heterocycles. The number of hydrogen-bond donors (Lipinski definition) is 0. The highest BCUT2D eigenvalue weighted by atomic mass is 79.9. The summed E-state index contributed by atoms with van der Waals surface area (Å²) in [4.78, 5) is 15.6. The molecule has 0 aromatic heterocycles. The van der Waals surface area contributed by atoms with Crippen LogP contribution < -0.4 is 9.47 Å². The van der Waals surface area contributed by atoms with Crippen molar-refractivity contribution in [3.05, 3.63) is 74.8 Å². The molecule has 0 spiro atoms. The minimum Gasteiger partial charge on any atom is -0.490 e. The van der Waals surface area contributed by atoms with E-state index >= 15 is 0 Å². The maximum Gasteiger partial charge on any atom is 0.269 e. The number of halogens is 1. The van der Waals surface area contributed by atoms with Crippen LogP contribution in [0.4, 0.5) is 5.69 Å². The summed E-state index contributed by atoms with van der Waals surface area (Å²) in [6.07, 6.45) is 3.18. The monoisotopic (exact) mass is 434 g/mol. The number of ether oxygens (including phenoxy) is 2. The molecular formula is C19H19BrN2O5. The van der Waals surface area contributed by atoms with Crippen molar-refractivity contribution in [3.8, 4) is 11.5 Å². The molecule has 8 heteroatoms. The number of benzene rings is 2. The standard InChI is InChI=1S/C19H19BrN2O5/c1-3-8-26-19-17(20)10-15(11-18(19)25-4-2)12-21-27-13-14-6-5-7-16(9-14)22(23)24/h3,5-7,9-12H,1,4,8,13H2,2H3/b21-12-. The van der Waals surface area contributed by atoms with Crippen LogP contribution in [0.1, 0.15) is 18.1 Å². The second-order valence-corrected chi connectivity index (χ2v) is 6.15. The maximum absolute atomic E-state index is 10.8. The zero-order valence-electron chi connectivity index (χ0n) is 14.8. The van der Waals surface area contributed by atoms with E-state index in [1.165, 1.54) is 18.3 Å². The molecule has 27 heavy (non-hydrogen) atoms. The molecule has 0 N–H and O–H groups in total. The van der Waals surface area contributed by atoms with Gasteiger partial charge in [0.15, 0.2) is 11.5 Å². The lowest BCUT2D eigenvalue weighted by Gasteiger charge is -2.13. The number of rotatable bonds is 10. The maximum atomic E-state index is 10.8. The average Bonchev–Trinajstić information content (AvgIpc) is 2.65. The van der Waals surface area contributed by atoms with Crippen molar-refractivity contribution in [1.29, 1.82) is 0 Å². The van der Waals surface area contributed by atoms with Gasteiger partial charge in [-0.2, -0.15) is 0 Å². The normalized spacial score (nSPS) is 10.6. The first-order chi connectivity index (χ1) is 13.0. The third kappa shape index (κ3) is 6.10. The molecule has 0 unspecified atom stereocenters. The van der Waals surface area contributed by atoms with Gasteiger partial charge in [-0.15, -0.1) is 0 Å². The van der Waals surface area contributed by atoms with E-state index in [9.17, 15) is 10.1 Å². The Labute approximate surface area is 165 Å². The molecule has 0 aliphatic heterocycles. The number of nitro benzene ring substituents is 1. The Kier molecular flexibility index (Phi) is 7.81. The van der Waals surface area contributed by atoms with E-state index < -0.39 is 4.92 Å². The minimum absolute atomic E-state index is 0.0143. The van der Waals surface area contributed by atoms with Crippen LogP contribution in [-0.2, 0) is 11.4 Å². The van der Waals surface area contributed by atoms with Crippen LogP contribution in [0.2, 0.25) is 0 Å². The molecule has 0 amide bonds. The van der Waals surface area contributed by atoms with E-state index in [-0.39, 0.29) is 12.3 Å². The van der Waals surface area contributed by atoms with Gasteiger partial charge in [-0.3, -0.25) is 10.1 Å². The second kappa shape index (κ2) is 10.3. The third-order valence-corrected chi connectivity index (χ3v) is 3.90. The molecule has 7 nitrogen and oxygen atoms in total. The van der Waals surface area contributed by atoms with Crippen molar-refractivity contribution in [1.82, 2.24) is 0 Å². The van der Waals surface area contributed by atoms with Crippen molar-refractivity contribution in [2.75, 3.05) is 13.2 Å². The molecule has 0 bridgehead atoms. The summed E-state index contributed by atoms with van der Waals surface area (Å²) < 4.78 is 11.9. The number of nitrogens with zero attached hydrogens (tertiary/aromatic N) is 2. The predicted octanol–water partition coefficient (Wildman–Crippen LogP) is 4.87. The Bertz CT molecular complexity index is 839. The molecule has 0 saturated heterocycles. The van der Waals surface area contributed by atoms with Crippen LogP contribution in [0, 0.1) is 10.1 Å². The van der Waals surface area contributed by atoms with Crippen molar-refractivity contribution >= 4 is 27.8 Å². The van der Waals surface area contributed by atoms with Crippen LogP contribution in [0.15, 0.2) is 58.7 Å². The van der Waals surface area contributed by atoms with Crippen LogP contribution >= 0.6 is 15.9 Å². The molecule has 0 radical (unpaired) electrons. The summed E-state index contributed by atoms with van der Waals surface area (Å²) in [5, 5.41) is 14.7. The smallest absolute Gasteiger partial charge is 0.269 e. The van der Waals surface area contributed by atoms with Crippen LogP contribution in [0.3, 0.4) is 0 Å². The Morgan fingerprint density at radius 3 is 2.81 bits per heavy atom. The molecule has 0 aliphatic rings. The molecule has 0 atom stereocenters. The fourth-order valence-electron chi connectivity index (χ4n) is 2.18. The number of hydrogen-bond acceptors (Lipinski definition) is 6. The van der Waals surface area contributed by atoms with Crippen molar-refractivity contribution < 1.29 is 19.2 Å². The topological polar surface area (TPSA) is 83.2 Å². The lowest BCUT2D eigenvalue weighted by Crippen LogP contribution is -2.01. The number of oxime groups is 1. The minimum atomic E-state index is -0.449. The Hall–Kier alpha value is -2.87. The van der Waals surface area contributed by atoms with Gasteiger partial charge < -0.3 is 14.3 Å². The van der Waals surface area contributed by atoms with E-state index in [1.54, 1.807) is 24.3 Å². The predicted molar refractivity (Wildman–Crippen MR) is 106 cm³/mol. The second-order valence-electron chi connectivity index (χ2n) is 5.30. The highest BCUT2D eigenvalue weighted by Crippen LogP contribution is 2.36. The molecule has 2 aromatic rings. The van der Waals surface area contributed by atoms with Gasteiger partial charge in [-0.1, -0.05) is 29.9 Å². The number of non-ortho nitro benzene ring substituents is 1. The SMILES string of the molecule is C=CCOc1c(Br)cc(/C=N\OCc2cccc([N+](=O)[O-])c2)cc1OCC. The summed E-state index contributed by atoms with van der Waals surface area (Å²) >= 11 is 3.46. The van der Waals surface area contributed by atoms with Gasteiger partial charge in [0, 0.05) is 17.7 Å². The van der Waals surface area contributed by atoms with E-state index in [1.807, 2.05) is 13.0 Å². The summed E-state index contributed by atoms with van der Waals surface area (Å²) in [6, 6.07) is 9.82. The highest BCUT2D eigenvalue weighted by molar-refractivity contribution is 9.10. The zero-order chi connectivity index (χ0) is 19.6. The molecule has 0 fully saturated rings.